The normalized spacial score (nSPS) is 23.7. The molecule has 0 saturated carbocycles. The van der Waals surface area contributed by atoms with E-state index in [2.05, 4.69) is 34.9 Å². The molecule has 0 amide bonds. The van der Waals surface area contributed by atoms with E-state index in [1.807, 2.05) is 0 Å². The van der Waals surface area contributed by atoms with Gasteiger partial charge in [-0.3, -0.25) is 4.79 Å². The first-order chi connectivity index (χ1) is 21.2. The highest BCUT2D eigenvalue weighted by Gasteiger charge is 2.50. The van der Waals surface area contributed by atoms with E-state index in [4.69, 9.17) is 14.5 Å². The van der Waals surface area contributed by atoms with E-state index in [1.54, 1.807) is 13.0 Å². The molecule has 0 radical (unpaired) electrons. The number of hydrogen-bond donors (Lipinski definition) is 2. The van der Waals surface area contributed by atoms with Crippen molar-refractivity contribution in [1.29, 1.82) is 0 Å². The van der Waals surface area contributed by atoms with Crippen LogP contribution in [-0.4, -0.2) is 69.0 Å². The van der Waals surface area contributed by atoms with Crippen molar-refractivity contribution >= 4 is 28.7 Å². The van der Waals surface area contributed by atoms with Crippen molar-refractivity contribution in [3.63, 3.8) is 0 Å². The number of cyclic esters (lactones) is 1. The average molecular weight is 603 g/mol. The molecule has 2 atom stereocenters. The third kappa shape index (κ3) is 4.47. The summed E-state index contributed by atoms with van der Waals surface area (Å²) in [6.45, 7) is 8.26. The Morgan fingerprint density at radius 2 is 1.84 bits per heavy atom. The van der Waals surface area contributed by atoms with Gasteiger partial charge in [-0.1, -0.05) is 26.3 Å². The first-order valence-electron chi connectivity index (χ1n) is 15.8. The lowest BCUT2D eigenvalue weighted by Crippen LogP contribution is -2.46. The van der Waals surface area contributed by atoms with Gasteiger partial charge < -0.3 is 34.1 Å². The van der Waals surface area contributed by atoms with Crippen molar-refractivity contribution in [2.45, 2.75) is 83.3 Å². The predicted molar refractivity (Wildman–Crippen MR) is 163 cm³/mol. The number of aliphatic hydroxyl groups is 1. The number of nitrogens with zero attached hydrogens (tertiary/aromatic N) is 4. The van der Waals surface area contributed by atoms with Crippen LogP contribution in [0.1, 0.15) is 80.9 Å². The molecule has 3 aromatic rings. The monoisotopic (exact) mass is 602 g/mol. The second-order valence-corrected chi connectivity index (χ2v) is 12.4. The third-order valence-electron chi connectivity index (χ3n) is 10.1. The fraction of sp³-hybridized carbons (Fsp3) is 0.515. The minimum Gasteiger partial charge on any atom is -0.450 e. The lowest BCUT2D eigenvalue weighted by atomic mass is 9.85. The number of fused-ring (bicyclic) bond motifs is 5. The molecular formula is C33H38N4O7. The number of benzene rings is 1. The number of pyridine rings is 2. The highest BCUT2D eigenvalue weighted by molar-refractivity contribution is 5.96. The van der Waals surface area contributed by atoms with Gasteiger partial charge in [-0.2, -0.15) is 0 Å². The second-order valence-electron chi connectivity index (χ2n) is 12.4. The van der Waals surface area contributed by atoms with E-state index >= 15 is 0 Å². The quantitative estimate of drug-likeness (QED) is 0.319. The molecule has 232 valence electrons. The maximum atomic E-state index is 13.9. The van der Waals surface area contributed by atoms with Crippen molar-refractivity contribution in [2.75, 3.05) is 31.1 Å². The smallest absolute Gasteiger partial charge is 0.450 e. The summed E-state index contributed by atoms with van der Waals surface area (Å²) in [6.07, 6.45) is 3.43. The number of aryl methyl sites for hydroxylation is 1. The molecule has 1 unspecified atom stereocenters. The van der Waals surface area contributed by atoms with Crippen LogP contribution in [0.4, 0.5) is 10.5 Å². The molecule has 1 aromatic carbocycles. The Bertz CT molecular complexity index is 1720. The largest absolute Gasteiger partial charge is 0.509 e. The fourth-order valence-corrected chi connectivity index (χ4v) is 7.63. The van der Waals surface area contributed by atoms with E-state index in [-0.39, 0.29) is 24.1 Å². The summed E-state index contributed by atoms with van der Waals surface area (Å²) in [7, 11) is 0. The van der Waals surface area contributed by atoms with E-state index in [1.165, 1.54) is 36.9 Å². The number of carbonyl (C=O) groups excluding carboxylic acids is 1. The van der Waals surface area contributed by atoms with E-state index in [0.717, 1.165) is 60.1 Å². The molecule has 6 heterocycles. The van der Waals surface area contributed by atoms with Gasteiger partial charge in [0, 0.05) is 41.3 Å². The number of likely N-dealkylation sites (tertiary alicyclic amines) is 1. The molecule has 2 N–H and O–H groups in total. The maximum Gasteiger partial charge on any atom is 0.509 e. The zero-order chi connectivity index (χ0) is 30.7. The van der Waals surface area contributed by atoms with Crippen LogP contribution >= 0.6 is 0 Å². The number of hydrogen-bond acceptors (Lipinski definition) is 9. The van der Waals surface area contributed by atoms with Gasteiger partial charge in [-0.25, -0.2) is 14.6 Å². The van der Waals surface area contributed by atoms with Crippen LogP contribution in [0.2, 0.25) is 0 Å². The maximum absolute atomic E-state index is 13.9. The molecule has 0 spiro atoms. The summed E-state index contributed by atoms with van der Waals surface area (Å²) in [6, 6.07) is 8.66. The van der Waals surface area contributed by atoms with Crippen LogP contribution in [0.15, 0.2) is 29.1 Å². The summed E-state index contributed by atoms with van der Waals surface area (Å²) in [4.78, 5) is 48.4. The summed E-state index contributed by atoms with van der Waals surface area (Å²) in [5.74, 6) is -1.06. The molecule has 44 heavy (non-hydrogen) atoms. The number of carbonyl (C=O) groups is 2. The van der Waals surface area contributed by atoms with E-state index < -0.39 is 29.6 Å². The van der Waals surface area contributed by atoms with Gasteiger partial charge in [0.25, 0.3) is 11.8 Å². The van der Waals surface area contributed by atoms with Gasteiger partial charge in [-0.05, 0) is 75.4 Å². The van der Waals surface area contributed by atoms with Gasteiger partial charge in [0.15, 0.2) is 5.60 Å². The zero-order valence-electron chi connectivity index (χ0n) is 25.2. The highest BCUT2D eigenvalue weighted by Crippen LogP contribution is 2.43. The summed E-state index contributed by atoms with van der Waals surface area (Å²) in [5.41, 5.74) is 2.13. The van der Waals surface area contributed by atoms with Crippen molar-refractivity contribution in [3.8, 4) is 11.4 Å². The molecule has 2 fully saturated rings. The number of carboxylic acid groups (broad SMARTS) is 1. The molecule has 0 aliphatic carbocycles. The number of esters is 1. The lowest BCUT2D eigenvalue weighted by molar-refractivity contribution is -0.201. The Hall–Kier alpha value is -3.96. The van der Waals surface area contributed by atoms with Gasteiger partial charge in [0.2, 0.25) is 0 Å². The molecule has 4 aliphatic heterocycles. The second kappa shape index (κ2) is 10.9. The molecule has 11 nitrogen and oxygen atoms in total. The van der Waals surface area contributed by atoms with Gasteiger partial charge in [-0.15, -0.1) is 0 Å². The molecule has 2 saturated heterocycles. The number of anilines is 1. The zero-order valence-corrected chi connectivity index (χ0v) is 25.2. The predicted octanol–water partition coefficient (Wildman–Crippen LogP) is 4.29. The minimum atomic E-state index is -2.12. The molecule has 2 aromatic heterocycles. The molecule has 0 bridgehead atoms. The average Bonchev–Trinajstić information content (AvgIpc) is 3.40. The molecule has 7 rings (SSSR count). The van der Waals surface area contributed by atoms with Crippen LogP contribution in [0, 0.1) is 0 Å². The fourth-order valence-electron chi connectivity index (χ4n) is 7.63. The number of ether oxygens (including phenoxy) is 2. The number of rotatable bonds is 5. The summed E-state index contributed by atoms with van der Waals surface area (Å²) >= 11 is 0. The van der Waals surface area contributed by atoms with E-state index in [9.17, 15) is 24.6 Å². The van der Waals surface area contributed by atoms with Crippen molar-refractivity contribution in [1.82, 2.24) is 14.5 Å². The Morgan fingerprint density at radius 3 is 2.52 bits per heavy atom. The van der Waals surface area contributed by atoms with Crippen LogP contribution in [-0.2, 0) is 32.8 Å². The Balaban J connectivity index is 1.30. The summed E-state index contributed by atoms with van der Waals surface area (Å²) in [5, 5.41) is 21.6. The van der Waals surface area contributed by atoms with Gasteiger partial charge >= 0.3 is 12.1 Å². The number of aromatic nitrogens is 2. The lowest BCUT2D eigenvalue weighted by Gasteiger charge is -2.41. The van der Waals surface area contributed by atoms with Crippen molar-refractivity contribution in [3.05, 3.63) is 56.9 Å². The Morgan fingerprint density at radius 1 is 1.09 bits per heavy atom. The van der Waals surface area contributed by atoms with Crippen LogP contribution < -0.4 is 10.5 Å². The first-order valence-corrected chi connectivity index (χ1v) is 15.8. The van der Waals surface area contributed by atoms with Crippen LogP contribution in [0.3, 0.4) is 0 Å². The minimum absolute atomic E-state index is 0.00506. The molecule has 4 aliphatic rings. The number of piperidine rings is 2. The van der Waals surface area contributed by atoms with Crippen molar-refractivity contribution < 1.29 is 29.3 Å². The Kier molecular flexibility index (Phi) is 7.12. The van der Waals surface area contributed by atoms with Crippen LogP contribution in [0.5, 0.6) is 0 Å². The Labute approximate surface area is 255 Å². The highest BCUT2D eigenvalue weighted by atomic mass is 16.8. The van der Waals surface area contributed by atoms with Gasteiger partial charge in [0.1, 0.15) is 5.56 Å². The topological polar surface area (TPSA) is 134 Å². The standard InChI is InChI=1S/C33H38N4O7/c1-3-19-8-9-24(36-14-10-21(11-15-36)35-12-6-5-7-13-35)22-16-20-18-37-25(28(20)34-27(19)22)17-23-26(29(37)38)30(44-32(40)41)43-31(39)33(23,42)4-2/h8-9,16-17,21,30,42H,3-7,10-15,18H2,1-2H3,(H,40,41)/t30?,33-/m0/s1. The van der Waals surface area contributed by atoms with Gasteiger partial charge in [0.05, 0.1) is 23.4 Å². The first kappa shape index (κ1) is 28.8. The van der Waals surface area contributed by atoms with Crippen molar-refractivity contribution in [2.24, 2.45) is 0 Å². The SMILES string of the molecule is CCc1ccc(N2CCC(N3CCCCC3)CC2)c2cc3c(nc12)-c1cc2c(c(=O)n1C3)C(OC(=O)O)OC(=O)[C@]2(O)CC. The van der Waals surface area contributed by atoms with Crippen LogP contribution in [0.25, 0.3) is 22.3 Å². The molecule has 11 heteroatoms. The molecular weight excluding hydrogens is 564 g/mol. The third-order valence-corrected chi connectivity index (χ3v) is 10.1. The van der Waals surface area contributed by atoms with E-state index in [0.29, 0.717) is 17.4 Å². The summed E-state index contributed by atoms with van der Waals surface area (Å²) < 4.78 is 11.4.